The second-order valence-electron chi connectivity index (χ2n) is 8.23. The van der Waals surface area contributed by atoms with E-state index in [1.54, 1.807) is 44.4 Å². The molecule has 0 aliphatic rings. The molecule has 3 amide bonds. The monoisotopic (exact) mass is 554 g/mol. The number of carbonyl (C=O) groups is 3. The number of benzene rings is 2. The molecule has 2 aromatic carbocycles. The van der Waals surface area contributed by atoms with Crippen LogP contribution in [0.15, 0.2) is 66.9 Å². The summed E-state index contributed by atoms with van der Waals surface area (Å²) in [6.45, 7) is -0.223. The second kappa shape index (κ2) is 11.4. The molecule has 0 aliphatic carbocycles. The topological polar surface area (TPSA) is 109 Å². The number of anilines is 1. The SMILES string of the molecule is CN(C)C(=O)CNC(=O)c1cc(NC(=O)c2cc(-c3ncccc3F)c(Cl)cc2Cl)n(-c2ccccc2)n1. The maximum Gasteiger partial charge on any atom is 0.272 e. The van der Waals surface area contributed by atoms with Gasteiger partial charge in [-0.15, -0.1) is 0 Å². The summed E-state index contributed by atoms with van der Waals surface area (Å²) in [6, 6.07) is 15.5. The largest absolute Gasteiger partial charge is 0.347 e. The van der Waals surface area contributed by atoms with Gasteiger partial charge in [0.05, 0.1) is 27.8 Å². The number of hydrogen-bond donors (Lipinski definition) is 2. The molecule has 2 heterocycles. The molecule has 0 aliphatic heterocycles. The van der Waals surface area contributed by atoms with E-state index < -0.39 is 17.6 Å². The first-order valence-corrected chi connectivity index (χ1v) is 12.0. The lowest BCUT2D eigenvalue weighted by Gasteiger charge is -2.12. The highest BCUT2D eigenvalue weighted by Gasteiger charge is 2.22. The molecule has 4 aromatic rings. The second-order valence-corrected chi connectivity index (χ2v) is 9.05. The first-order valence-electron chi connectivity index (χ1n) is 11.2. The molecule has 12 heteroatoms. The number of carbonyl (C=O) groups excluding carboxylic acids is 3. The Kier molecular flexibility index (Phi) is 8.04. The number of rotatable bonds is 7. The maximum atomic E-state index is 14.4. The molecule has 0 atom stereocenters. The Balaban J connectivity index is 1.68. The Morgan fingerprint density at radius 1 is 0.974 bits per heavy atom. The number of likely N-dealkylation sites (N-methyl/N-ethyl adjacent to an activating group) is 1. The van der Waals surface area contributed by atoms with Gasteiger partial charge in [-0.3, -0.25) is 19.4 Å². The maximum absolute atomic E-state index is 14.4. The van der Waals surface area contributed by atoms with Gasteiger partial charge in [-0.1, -0.05) is 41.4 Å². The van der Waals surface area contributed by atoms with E-state index in [4.69, 9.17) is 23.2 Å². The number of hydrogen-bond acceptors (Lipinski definition) is 5. The van der Waals surface area contributed by atoms with Gasteiger partial charge in [0.25, 0.3) is 11.8 Å². The van der Waals surface area contributed by atoms with Gasteiger partial charge in [0.15, 0.2) is 5.69 Å². The Morgan fingerprint density at radius 3 is 2.39 bits per heavy atom. The smallest absolute Gasteiger partial charge is 0.272 e. The summed E-state index contributed by atoms with van der Waals surface area (Å²) >= 11 is 12.6. The number of aromatic nitrogens is 3. The Bertz CT molecular complexity index is 1520. The summed E-state index contributed by atoms with van der Waals surface area (Å²) in [5.74, 6) is -2.03. The van der Waals surface area contributed by atoms with Crippen molar-refractivity contribution >= 4 is 46.7 Å². The van der Waals surface area contributed by atoms with Crippen LogP contribution < -0.4 is 10.6 Å². The van der Waals surface area contributed by atoms with Crippen molar-refractivity contribution < 1.29 is 18.8 Å². The quantitative estimate of drug-likeness (QED) is 0.350. The fraction of sp³-hybridized carbons (Fsp3) is 0.115. The molecule has 38 heavy (non-hydrogen) atoms. The average Bonchev–Trinajstić information content (AvgIpc) is 3.32. The van der Waals surface area contributed by atoms with Crippen LogP contribution in [0.1, 0.15) is 20.8 Å². The fourth-order valence-electron chi connectivity index (χ4n) is 3.42. The van der Waals surface area contributed by atoms with E-state index >= 15 is 0 Å². The lowest BCUT2D eigenvalue weighted by atomic mass is 10.1. The first-order chi connectivity index (χ1) is 18.2. The van der Waals surface area contributed by atoms with Gasteiger partial charge in [-0.2, -0.15) is 5.10 Å². The van der Waals surface area contributed by atoms with Crippen molar-refractivity contribution in [2.24, 2.45) is 0 Å². The van der Waals surface area contributed by atoms with Crippen LogP contribution in [0.25, 0.3) is 16.9 Å². The van der Waals surface area contributed by atoms with Crippen molar-refractivity contribution in [1.82, 2.24) is 25.0 Å². The fourth-order valence-corrected chi connectivity index (χ4v) is 3.98. The molecule has 9 nitrogen and oxygen atoms in total. The third-order valence-electron chi connectivity index (χ3n) is 5.40. The van der Waals surface area contributed by atoms with Crippen LogP contribution in [0.2, 0.25) is 10.0 Å². The first kappa shape index (κ1) is 26.8. The molecule has 0 saturated carbocycles. The molecule has 0 radical (unpaired) electrons. The van der Waals surface area contributed by atoms with Gasteiger partial charge in [-0.25, -0.2) is 9.07 Å². The average molecular weight is 555 g/mol. The third kappa shape index (κ3) is 5.82. The highest BCUT2D eigenvalue weighted by atomic mass is 35.5. The van der Waals surface area contributed by atoms with Crippen molar-refractivity contribution in [2.45, 2.75) is 0 Å². The molecule has 2 N–H and O–H groups in total. The van der Waals surface area contributed by atoms with Gasteiger partial charge in [0, 0.05) is 31.9 Å². The molecule has 2 aromatic heterocycles. The predicted octanol–water partition coefficient (Wildman–Crippen LogP) is 4.45. The lowest BCUT2D eigenvalue weighted by molar-refractivity contribution is -0.127. The van der Waals surface area contributed by atoms with Gasteiger partial charge < -0.3 is 15.5 Å². The van der Waals surface area contributed by atoms with Crippen LogP contribution in [0.5, 0.6) is 0 Å². The van der Waals surface area contributed by atoms with Crippen molar-refractivity contribution in [3.05, 3.63) is 94.0 Å². The van der Waals surface area contributed by atoms with E-state index in [-0.39, 0.29) is 50.8 Å². The molecular weight excluding hydrogens is 534 g/mol. The summed E-state index contributed by atoms with van der Waals surface area (Å²) in [4.78, 5) is 43.2. The number of para-hydroxylation sites is 1. The van der Waals surface area contributed by atoms with E-state index in [1.165, 1.54) is 46.1 Å². The number of nitrogens with one attached hydrogen (secondary N) is 2. The predicted molar refractivity (Wildman–Crippen MR) is 142 cm³/mol. The van der Waals surface area contributed by atoms with Crippen LogP contribution in [0, 0.1) is 5.82 Å². The van der Waals surface area contributed by atoms with Crippen molar-refractivity contribution in [2.75, 3.05) is 26.0 Å². The molecule has 194 valence electrons. The minimum Gasteiger partial charge on any atom is -0.347 e. The molecule has 0 bridgehead atoms. The summed E-state index contributed by atoms with van der Waals surface area (Å²) < 4.78 is 15.7. The molecule has 0 fully saturated rings. The Hall–Kier alpha value is -4.28. The summed E-state index contributed by atoms with van der Waals surface area (Å²) in [6.07, 6.45) is 1.40. The van der Waals surface area contributed by atoms with E-state index in [0.717, 1.165) is 0 Å². The zero-order chi connectivity index (χ0) is 27.4. The Labute approximate surface area is 227 Å². The van der Waals surface area contributed by atoms with Crippen molar-refractivity contribution in [1.29, 1.82) is 0 Å². The third-order valence-corrected chi connectivity index (χ3v) is 6.02. The molecule has 0 spiro atoms. The van der Waals surface area contributed by atoms with Crippen LogP contribution in [0.3, 0.4) is 0 Å². The molecule has 0 saturated heterocycles. The zero-order valence-electron chi connectivity index (χ0n) is 20.2. The minimum atomic E-state index is -0.656. The molecular formula is C26H21Cl2FN6O3. The van der Waals surface area contributed by atoms with E-state index in [1.807, 2.05) is 0 Å². The van der Waals surface area contributed by atoms with E-state index in [2.05, 4.69) is 20.7 Å². The number of nitrogens with zero attached hydrogens (tertiary/aromatic N) is 4. The number of halogens is 3. The minimum absolute atomic E-state index is 0.000451. The number of pyridine rings is 1. The van der Waals surface area contributed by atoms with Crippen LogP contribution in [0.4, 0.5) is 10.2 Å². The highest BCUT2D eigenvalue weighted by Crippen LogP contribution is 2.33. The van der Waals surface area contributed by atoms with E-state index in [9.17, 15) is 18.8 Å². The number of amides is 3. The summed E-state index contributed by atoms with van der Waals surface area (Å²) in [5, 5.41) is 9.66. The van der Waals surface area contributed by atoms with Crippen LogP contribution >= 0.6 is 23.2 Å². The zero-order valence-corrected chi connectivity index (χ0v) is 21.7. The lowest BCUT2D eigenvalue weighted by Crippen LogP contribution is -2.36. The highest BCUT2D eigenvalue weighted by molar-refractivity contribution is 6.38. The van der Waals surface area contributed by atoms with Crippen molar-refractivity contribution in [3.63, 3.8) is 0 Å². The normalized spacial score (nSPS) is 10.7. The van der Waals surface area contributed by atoms with Gasteiger partial charge >= 0.3 is 0 Å². The molecule has 0 unspecified atom stereocenters. The van der Waals surface area contributed by atoms with Crippen molar-refractivity contribution in [3.8, 4) is 16.9 Å². The van der Waals surface area contributed by atoms with Gasteiger partial charge in [-0.05, 0) is 36.4 Å². The van der Waals surface area contributed by atoms with Gasteiger partial charge in [0.1, 0.15) is 17.3 Å². The van der Waals surface area contributed by atoms with E-state index in [0.29, 0.717) is 5.69 Å². The standard InChI is InChI=1S/C26H21Cl2FN6O3/c1-34(2)23(36)14-31-26(38)21-13-22(35(33-21)15-7-4-3-5-8-15)32-25(37)17-11-16(18(27)12-19(17)28)24-20(29)9-6-10-30-24/h3-13H,14H2,1-2H3,(H,31,38)(H,32,37). The summed E-state index contributed by atoms with van der Waals surface area (Å²) in [7, 11) is 3.14. The Morgan fingerprint density at radius 2 is 1.71 bits per heavy atom. The summed E-state index contributed by atoms with van der Waals surface area (Å²) in [5.41, 5.74) is 0.670. The van der Waals surface area contributed by atoms with Crippen LogP contribution in [-0.2, 0) is 4.79 Å². The van der Waals surface area contributed by atoms with Gasteiger partial charge in [0.2, 0.25) is 5.91 Å². The molecule has 4 rings (SSSR count). The van der Waals surface area contributed by atoms with Crippen LogP contribution in [-0.4, -0.2) is 58.0 Å².